The van der Waals surface area contributed by atoms with Crippen LogP contribution in [0.4, 0.5) is 16.2 Å². The van der Waals surface area contributed by atoms with Crippen LogP contribution < -0.4 is 15.5 Å². The van der Waals surface area contributed by atoms with Crippen LogP contribution in [0.3, 0.4) is 0 Å². The fraction of sp³-hybridized carbons (Fsp3) is 0.379. The maximum Gasteiger partial charge on any atom is 0.319 e. The first kappa shape index (κ1) is 24.0. The molecule has 3 N–H and O–H groups in total. The number of hydrogen-bond donors (Lipinski definition) is 3. The normalized spacial score (nSPS) is 17.9. The molecule has 2 heterocycles. The van der Waals surface area contributed by atoms with E-state index in [1.165, 1.54) is 5.69 Å². The minimum absolute atomic E-state index is 0.116. The maximum atomic E-state index is 12.7. The first-order chi connectivity index (χ1) is 17.4. The smallest absolute Gasteiger partial charge is 0.319 e. The number of piperidine rings is 1. The number of nitrogens with one attached hydrogen (secondary N) is 2. The minimum atomic E-state index is -0.268. The van der Waals surface area contributed by atoms with Crippen LogP contribution in [-0.2, 0) is 5.41 Å². The van der Waals surface area contributed by atoms with E-state index >= 15 is 0 Å². The number of aryl methyl sites for hydroxylation is 1. The van der Waals surface area contributed by atoms with E-state index in [1.54, 1.807) is 0 Å². The van der Waals surface area contributed by atoms with Gasteiger partial charge in [0.1, 0.15) is 11.4 Å². The van der Waals surface area contributed by atoms with Crippen molar-refractivity contribution in [2.24, 2.45) is 0 Å². The van der Waals surface area contributed by atoms with Gasteiger partial charge in [-0.25, -0.2) is 4.79 Å². The number of carbonyl (C=O) groups excluding carboxylic acids is 1. The van der Waals surface area contributed by atoms with Gasteiger partial charge in [0.25, 0.3) is 0 Å². The molecule has 5 rings (SSSR count). The Balaban J connectivity index is 1.20. The first-order valence-electron chi connectivity index (χ1n) is 12.7. The fourth-order valence-corrected chi connectivity index (χ4v) is 5.25. The van der Waals surface area contributed by atoms with Gasteiger partial charge in [-0.2, -0.15) is 0 Å². The Bertz CT molecular complexity index is 1220. The number of carbonyl (C=O) groups is 1. The molecule has 2 fully saturated rings. The quantitative estimate of drug-likeness (QED) is 0.338. The lowest BCUT2D eigenvalue weighted by atomic mass is 9.92. The van der Waals surface area contributed by atoms with Gasteiger partial charge in [0.15, 0.2) is 5.76 Å². The Morgan fingerprint density at radius 2 is 1.81 bits per heavy atom. The molecule has 1 aliphatic heterocycles. The molecule has 2 aliphatic rings. The number of aliphatic hydroxyl groups is 1. The molecule has 3 aromatic rings. The number of aliphatic hydroxyl groups excluding tert-OH is 1. The van der Waals surface area contributed by atoms with Gasteiger partial charge in [-0.1, -0.05) is 54.2 Å². The van der Waals surface area contributed by atoms with E-state index in [2.05, 4.69) is 51.5 Å². The molecule has 1 saturated heterocycles. The summed E-state index contributed by atoms with van der Waals surface area (Å²) in [5.41, 5.74) is 4.49. The molecule has 1 saturated carbocycles. The number of allylic oxidation sites excluding steroid dienone is 1. The van der Waals surface area contributed by atoms with Crippen molar-refractivity contribution in [2.75, 3.05) is 23.3 Å². The zero-order valence-electron chi connectivity index (χ0n) is 21.0. The summed E-state index contributed by atoms with van der Waals surface area (Å²) in [5.74, 6) is 1.21. The maximum absolute atomic E-state index is 12.7. The van der Waals surface area contributed by atoms with E-state index in [-0.39, 0.29) is 29.2 Å². The minimum Gasteiger partial charge on any atom is -0.512 e. The highest BCUT2D eigenvalue weighted by Crippen LogP contribution is 2.52. The fourth-order valence-electron chi connectivity index (χ4n) is 5.25. The third-order valence-electron chi connectivity index (χ3n) is 7.73. The largest absolute Gasteiger partial charge is 0.512 e. The van der Waals surface area contributed by atoms with E-state index in [0.29, 0.717) is 11.4 Å². The summed E-state index contributed by atoms with van der Waals surface area (Å²) in [6, 6.07) is 18.0. The molecule has 1 aromatic heterocycles. The van der Waals surface area contributed by atoms with Crippen molar-refractivity contribution in [1.82, 2.24) is 10.5 Å². The van der Waals surface area contributed by atoms with Gasteiger partial charge >= 0.3 is 6.03 Å². The van der Waals surface area contributed by atoms with Crippen LogP contribution >= 0.6 is 0 Å². The van der Waals surface area contributed by atoms with Crippen LogP contribution in [0.15, 0.2) is 71.5 Å². The molecule has 1 aliphatic carbocycles. The van der Waals surface area contributed by atoms with Gasteiger partial charge in [0, 0.05) is 24.7 Å². The van der Waals surface area contributed by atoms with E-state index in [0.717, 1.165) is 55.7 Å². The highest BCUT2D eigenvalue weighted by atomic mass is 16.5. The van der Waals surface area contributed by atoms with Crippen molar-refractivity contribution < 1.29 is 14.4 Å². The number of rotatable bonds is 7. The molecule has 0 unspecified atom stereocenters. The SMILES string of the molecule is C=C(O)C1(c2ccc(N3CCC(c4onc(C)c4NC(=O)N[C@H](C)c4ccccc4)CC3)cc2)CC1. The van der Waals surface area contributed by atoms with Crippen LogP contribution in [0.2, 0.25) is 0 Å². The van der Waals surface area contributed by atoms with Gasteiger partial charge in [-0.05, 0) is 62.8 Å². The monoisotopic (exact) mass is 486 g/mol. The highest BCUT2D eigenvalue weighted by molar-refractivity contribution is 5.90. The molecule has 188 valence electrons. The summed E-state index contributed by atoms with van der Waals surface area (Å²) in [5, 5.41) is 20.1. The lowest BCUT2D eigenvalue weighted by Crippen LogP contribution is -2.34. The van der Waals surface area contributed by atoms with E-state index in [4.69, 9.17) is 4.52 Å². The van der Waals surface area contributed by atoms with Gasteiger partial charge in [0.2, 0.25) is 0 Å². The lowest BCUT2D eigenvalue weighted by molar-refractivity contribution is 0.249. The molecule has 0 spiro atoms. The van der Waals surface area contributed by atoms with E-state index < -0.39 is 0 Å². The van der Waals surface area contributed by atoms with Crippen molar-refractivity contribution in [2.45, 2.75) is 56.9 Å². The van der Waals surface area contributed by atoms with Gasteiger partial charge in [-0.3, -0.25) is 0 Å². The number of amides is 2. The second-order valence-corrected chi connectivity index (χ2v) is 10.1. The first-order valence-corrected chi connectivity index (χ1v) is 12.7. The molecular weight excluding hydrogens is 452 g/mol. The average molecular weight is 487 g/mol. The zero-order chi connectivity index (χ0) is 25.3. The van der Waals surface area contributed by atoms with E-state index in [1.807, 2.05) is 44.2 Å². The summed E-state index contributed by atoms with van der Waals surface area (Å²) < 4.78 is 5.71. The zero-order valence-corrected chi connectivity index (χ0v) is 21.0. The third-order valence-corrected chi connectivity index (χ3v) is 7.73. The number of aromatic nitrogens is 1. The van der Waals surface area contributed by atoms with Gasteiger partial charge in [0.05, 0.1) is 17.2 Å². The number of benzene rings is 2. The van der Waals surface area contributed by atoms with Gasteiger partial charge < -0.3 is 25.2 Å². The molecule has 7 heteroatoms. The number of urea groups is 1. The summed E-state index contributed by atoms with van der Waals surface area (Å²) in [7, 11) is 0. The number of nitrogens with zero attached hydrogens (tertiary/aromatic N) is 2. The molecule has 7 nitrogen and oxygen atoms in total. The van der Waals surface area contributed by atoms with Crippen LogP contribution in [0.25, 0.3) is 0 Å². The Morgan fingerprint density at radius 1 is 1.14 bits per heavy atom. The molecule has 1 atom stereocenters. The second kappa shape index (κ2) is 9.72. The summed E-state index contributed by atoms with van der Waals surface area (Å²) in [6.07, 6.45) is 3.74. The lowest BCUT2D eigenvalue weighted by Gasteiger charge is -2.33. The summed E-state index contributed by atoms with van der Waals surface area (Å²) in [4.78, 5) is 15.1. The number of anilines is 2. The number of hydrogen-bond acceptors (Lipinski definition) is 5. The summed E-state index contributed by atoms with van der Waals surface area (Å²) in [6.45, 7) is 9.36. The van der Waals surface area contributed by atoms with Crippen molar-refractivity contribution in [3.63, 3.8) is 0 Å². The van der Waals surface area contributed by atoms with Crippen molar-refractivity contribution in [3.8, 4) is 0 Å². The van der Waals surface area contributed by atoms with Crippen molar-refractivity contribution in [1.29, 1.82) is 0 Å². The topological polar surface area (TPSA) is 90.6 Å². The van der Waals surface area contributed by atoms with Crippen molar-refractivity contribution >= 4 is 17.4 Å². The Morgan fingerprint density at radius 3 is 2.42 bits per heavy atom. The van der Waals surface area contributed by atoms with Crippen LogP contribution in [0.1, 0.15) is 67.1 Å². The predicted octanol–water partition coefficient (Wildman–Crippen LogP) is 6.35. The van der Waals surface area contributed by atoms with Crippen LogP contribution in [0, 0.1) is 6.92 Å². The predicted molar refractivity (Wildman–Crippen MR) is 142 cm³/mol. The second-order valence-electron chi connectivity index (χ2n) is 10.1. The molecule has 2 amide bonds. The molecule has 2 aromatic carbocycles. The summed E-state index contributed by atoms with van der Waals surface area (Å²) >= 11 is 0. The Hall–Kier alpha value is -3.74. The Labute approximate surface area is 212 Å². The van der Waals surface area contributed by atoms with Crippen LogP contribution in [0.5, 0.6) is 0 Å². The van der Waals surface area contributed by atoms with Gasteiger partial charge in [-0.15, -0.1) is 0 Å². The Kier molecular flexibility index (Phi) is 6.48. The van der Waals surface area contributed by atoms with E-state index in [9.17, 15) is 9.90 Å². The highest BCUT2D eigenvalue weighted by Gasteiger charge is 2.47. The molecular formula is C29H34N4O3. The standard InChI is InChI=1S/C29H34N4O3/c1-19(22-7-5-4-6-8-22)30-28(35)31-26-20(2)32-36-27(26)23-13-17-33(18-14-23)25-11-9-24(10-12-25)29(15-16-29)21(3)34/h4-12,19,23,34H,3,13-18H2,1-2H3,(H2,30,31,35)/t19-/m1/s1. The van der Waals surface area contributed by atoms with Crippen LogP contribution in [-0.4, -0.2) is 29.4 Å². The third kappa shape index (κ3) is 4.70. The van der Waals surface area contributed by atoms with Crippen molar-refractivity contribution in [3.05, 3.63) is 89.5 Å². The average Bonchev–Trinajstić information content (AvgIpc) is 3.64. The molecule has 36 heavy (non-hydrogen) atoms. The molecule has 0 radical (unpaired) electrons. The molecule has 0 bridgehead atoms.